The molecule has 3 nitrogen and oxygen atoms in total. The predicted octanol–water partition coefficient (Wildman–Crippen LogP) is 4.07. The summed E-state index contributed by atoms with van der Waals surface area (Å²) in [6, 6.07) is 1.81. The van der Waals surface area contributed by atoms with Gasteiger partial charge in [0, 0.05) is 6.04 Å². The highest BCUT2D eigenvalue weighted by atomic mass is 79.9. The maximum absolute atomic E-state index is 12.3. The molecule has 0 aromatic carbocycles. The quantitative estimate of drug-likeness (QED) is 0.877. The number of sulfonamides is 1. The summed E-state index contributed by atoms with van der Waals surface area (Å²) in [5.41, 5.74) is 1.32. The smallest absolute Gasteiger partial charge is 0.207 e. The van der Waals surface area contributed by atoms with E-state index >= 15 is 0 Å². The van der Waals surface area contributed by atoms with Crippen molar-refractivity contribution >= 4 is 37.3 Å². The zero-order valence-corrected chi connectivity index (χ0v) is 14.7. The van der Waals surface area contributed by atoms with E-state index in [0.29, 0.717) is 9.62 Å². The summed E-state index contributed by atoms with van der Waals surface area (Å²) in [7, 11) is -3.36. The molecule has 6 heteroatoms. The molecule has 1 aliphatic rings. The summed E-state index contributed by atoms with van der Waals surface area (Å²) in [6.45, 7) is 6.40. The summed E-state index contributed by atoms with van der Waals surface area (Å²) in [4.78, 5) is 0. The Balaban J connectivity index is 2.06. The van der Waals surface area contributed by atoms with Gasteiger partial charge in [-0.1, -0.05) is 13.8 Å². The zero-order chi connectivity index (χ0) is 14.3. The van der Waals surface area contributed by atoms with E-state index in [9.17, 15) is 8.42 Å². The minimum Gasteiger partial charge on any atom is -0.207 e. The van der Waals surface area contributed by atoms with Gasteiger partial charge in [-0.05, 0) is 65.6 Å². The van der Waals surface area contributed by atoms with E-state index in [-0.39, 0.29) is 6.04 Å². The molecule has 1 aromatic rings. The Bertz CT molecular complexity index is 534. The Kier molecular flexibility index (Phi) is 4.45. The van der Waals surface area contributed by atoms with Crippen molar-refractivity contribution in [2.75, 3.05) is 0 Å². The van der Waals surface area contributed by atoms with Gasteiger partial charge in [0.2, 0.25) is 10.0 Å². The number of hydrogen-bond donors (Lipinski definition) is 1. The number of rotatable bonds is 3. The number of nitrogens with one attached hydrogen (secondary N) is 1. The molecule has 0 unspecified atom stereocenters. The highest BCUT2D eigenvalue weighted by Crippen LogP contribution is 2.36. The van der Waals surface area contributed by atoms with Crippen molar-refractivity contribution in [1.29, 1.82) is 0 Å². The maximum atomic E-state index is 12.3. The van der Waals surface area contributed by atoms with E-state index in [2.05, 4.69) is 34.5 Å². The van der Waals surface area contributed by atoms with Crippen LogP contribution >= 0.6 is 27.3 Å². The summed E-state index contributed by atoms with van der Waals surface area (Å²) in [6.07, 6.45) is 4.01. The average Bonchev–Trinajstić information content (AvgIpc) is 2.63. The van der Waals surface area contributed by atoms with Crippen LogP contribution in [0, 0.1) is 12.3 Å². The van der Waals surface area contributed by atoms with Crippen molar-refractivity contribution in [3.63, 3.8) is 0 Å². The first-order valence-electron chi connectivity index (χ1n) is 6.48. The third-order valence-electron chi connectivity index (χ3n) is 3.76. The van der Waals surface area contributed by atoms with E-state index in [1.807, 2.05) is 6.92 Å². The molecular formula is C13H20BrNO2S2. The van der Waals surface area contributed by atoms with E-state index in [0.717, 1.165) is 35.0 Å². The van der Waals surface area contributed by atoms with Gasteiger partial charge < -0.3 is 0 Å². The van der Waals surface area contributed by atoms with Gasteiger partial charge in [0.05, 0.1) is 3.79 Å². The van der Waals surface area contributed by atoms with Crippen molar-refractivity contribution in [2.45, 2.75) is 56.7 Å². The van der Waals surface area contributed by atoms with Crippen LogP contribution in [0.2, 0.25) is 0 Å². The summed E-state index contributed by atoms with van der Waals surface area (Å²) in [5.74, 6) is 0. The van der Waals surface area contributed by atoms with Crippen LogP contribution in [-0.4, -0.2) is 14.5 Å². The first kappa shape index (κ1) is 15.5. The van der Waals surface area contributed by atoms with Crippen LogP contribution in [0.25, 0.3) is 0 Å². The molecule has 1 saturated carbocycles. The normalized spacial score (nSPS) is 20.6. The van der Waals surface area contributed by atoms with Gasteiger partial charge in [0.1, 0.15) is 4.21 Å². The van der Waals surface area contributed by atoms with Crippen LogP contribution in [0.15, 0.2) is 14.1 Å². The van der Waals surface area contributed by atoms with Crippen LogP contribution < -0.4 is 4.72 Å². The molecule has 0 atom stereocenters. The molecule has 1 heterocycles. The molecule has 0 amide bonds. The van der Waals surface area contributed by atoms with Crippen molar-refractivity contribution < 1.29 is 8.42 Å². The topological polar surface area (TPSA) is 46.2 Å². The molecule has 0 bridgehead atoms. The van der Waals surface area contributed by atoms with Gasteiger partial charge in [-0.15, -0.1) is 11.3 Å². The largest absolute Gasteiger partial charge is 0.250 e. The van der Waals surface area contributed by atoms with Crippen molar-refractivity contribution in [3.8, 4) is 0 Å². The standard InChI is InChI=1S/C13H20BrNO2S2/c1-9-8-11(18-12(9)14)19(16,17)15-10-4-6-13(2,3)7-5-10/h8,10,15H,4-7H2,1-3H3. The first-order valence-corrected chi connectivity index (χ1v) is 9.57. The van der Waals surface area contributed by atoms with E-state index in [1.54, 1.807) is 6.07 Å². The fourth-order valence-corrected chi connectivity index (χ4v) is 5.91. The SMILES string of the molecule is Cc1cc(S(=O)(=O)NC2CCC(C)(C)CC2)sc1Br. The second-order valence-electron chi connectivity index (χ2n) is 6.08. The molecule has 108 valence electrons. The Morgan fingerprint density at radius 3 is 2.42 bits per heavy atom. The number of aryl methyl sites for hydroxylation is 1. The lowest BCUT2D eigenvalue weighted by atomic mass is 9.76. The molecule has 0 saturated heterocycles. The summed E-state index contributed by atoms with van der Waals surface area (Å²) < 4.78 is 28.8. The zero-order valence-electron chi connectivity index (χ0n) is 11.5. The van der Waals surface area contributed by atoms with E-state index in [1.165, 1.54) is 11.3 Å². The minimum atomic E-state index is -3.36. The van der Waals surface area contributed by atoms with E-state index < -0.39 is 10.0 Å². The Morgan fingerprint density at radius 1 is 1.37 bits per heavy atom. The maximum Gasteiger partial charge on any atom is 0.250 e. The van der Waals surface area contributed by atoms with Gasteiger partial charge in [0.25, 0.3) is 0 Å². The molecule has 1 fully saturated rings. The van der Waals surface area contributed by atoms with Crippen molar-refractivity contribution in [1.82, 2.24) is 4.72 Å². The molecule has 1 aromatic heterocycles. The third-order valence-corrected chi connectivity index (χ3v) is 7.89. The molecule has 1 N–H and O–H groups in total. The predicted molar refractivity (Wildman–Crippen MR) is 83.1 cm³/mol. The van der Waals surface area contributed by atoms with E-state index in [4.69, 9.17) is 0 Å². The Labute approximate surface area is 128 Å². The van der Waals surface area contributed by atoms with Gasteiger partial charge in [0.15, 0.2) is 0 Å². The fourth-order valence-electron chi connectivity index (χ4n) is 2.36. The van der Waals surface area contributed by atoms with Gasteiger partial charge in [-0.25, -0.2) is 13.1 Å². The Morgan fingerprint density at radius 2 is 1.95 bits per heavy atom. The lowest BCUT2D eigenvalue weighted by Crippen LogP contribution is -2.38. The lowest BCUT2D eigenvalue weighted by Gasteiger charge is -2.34. The lowest BCUT2D eigenvalue weighted by molar-refractivity contribution is 0.218. The molecule has 0 aliphatic heterocycles. The average molecular weight is 366 g/mol. The first-order chi connectivity index (χ1) is 8.70. The molecule has 0 spiro atoms. The highest BCUT2D eigenvalue weighted by molar-refractivity contribution is 9.11. The van der Waals surface area contributed by atoms with Gasteiger partial charge >= 0.3 is 0 Å². The van der Waals surface area contributed by atoms with Crippen LogP contribution in [0.4, 0.5) is 0 Å². The highest BCUT2D eigenvalue weighted by Gasteiger charge is 2.30. The number of halogens is 1. The fraction of sp³-hybridized carbons (Fsp3) is 0.692. The monoisotopic (exact) mass is 365 g/mol. The van der Waals surface area contributed by atoms with Gasteiger partial charge in [-0.3, -0.25) is 0 Å². The van der Waals surface area contributed by atoms with Crippen LogP contribution in [0.1, 0.15) is 45.1 Å². The summed E-state index contributed by atoms with van der Waals surface area (Å²) in [5, 5.41) is 0. The second-order valence-corrected chi connectivity index (χ2v) is 10.4. The van der Waals surface area contributed by atoms with Crippen molar-refractivity contribution in [3.05, 3.63) is 15.4 Å². The molecule has 1 aliphatic carbocycles. The Hall–Kier alpha value is 0.0900. The molecule has 19 heavy (non-hydrogen) atoms. The second kappa shape index (κ2) is 5.47. The van der Waals surface area contributed by atoms with Gasteiger partial charge in [-0.2, -0.15) is 0 Å². The molecule has 2 rings (SSSR count). The molecule has 0 radical (unpaired) electrons. The minimum absolute atomic E-state index is 0.0826. The molecular weight excluding hydrogens is 346 g/mol. The van der Waals surface area contributed by atoms with Crippen LogP contribution in [0.5, 0.6) is 0 Å². The van der Waals surface area contributed by atoms with Crippen LogP contribution in [0.3, 0.4) is 0 Å². The van der Waals surface area contributed by atoms with Crippen molar-refractivity contribution in [2.24, 2.45) is 5.41 Å². The van der Waals surface area contributed by atoms with Crippen LogP contribution in [-0.2, 0) is 10.0 Å². The number of thiophene rings is 1. The summed E-state index contributed by atoms with van der Waals surface area (Å²) >= 11 is 4.65. The third kappa shape index (κ3) is 3.80. The number of hydrogen-bond acceptors (Lipinski definition) is 3.